The predicted molar refractivity (Wildman–Crippen MR) is 119 cm³/mol. The van der Waals surface area contributed by atoms with Crippen LogP contribution in [0.25, 0.3) is 22.5 Å². The van der Waals surface area contributed by atoms with Crippen molar-refractivity contribution in [3.63, 3.8) is 0 Å². The highest BCUT2D eigenvalue weighted by Gasteiger charge is 2.30. The van der Waals surface area contributed by atoms with Crippen LogP contribution in [-0.2, 0) is 17.1 Å². The molecule has 1 fully saturated rings. The summed E-state index contributed by atoms with van der Waals surface area (Å²) in [6.45, 7) is 1.96. The maximum absolute atomic E-state index is 13.2. The Morgan fingerprint density at radius 1 is 1.03 bits per heavy atom. The zero-order valence-electron chi connectivity index (χ0n) is 16.9. The number of nitrogens with two attached hydrogens (primary N) is 1. The smallest absolute Gasteiger partial charge is 0.238 e. The van der Waals surface area contributed by atoms with Crippen LogP contribution in [0.5, 0.6) is 0 Å². The largest absolute Gasteiger partial charge is 0.343 e. The minimum atomic E-state index is -3.78. The summed E-state index contributed by atoms with van der Waals surface area (Å²) in [5, 5.41) is 5.88. The van der Waals surface area contributed by atoms with E-state index in [0.717, 1.165) is 40.9 Å². The molecular formula is C23H23ClN2O3S. The molecule has 1 heterocycles. The Kier molecular flexibility index (Phi) is 5.34. The fraction of sp³-hybridized carbons (Fsp3) is 0.261. The van der Waals surface area contributed by atoms with Crippen LogP contribution in [0.1, 0.15) is 35.2 Å². The van der Waals surface area contributed by atoms with E-state index in [4.69, 9.17) is 16.7 Å². The van der Waals surface area contributed by atoms with Crippen molar-refractivity contribution in [1.29, 1.82) is 0 Å². The first-order chi connectivity index (χ1) is 14.2. The number of hydrogen-bond donors (Lipinski definition) is 1. The number of carbonyl (C=O) groups excluding carboxylic acids is 1. The number of halogens is 1. The highest BCUT2D eigenvalue weighted by Crippen LogP contribution is 2.40. The molecule has 0 aliphatic heterocycles. The molecule has 0 saturated heterocycles. The third-order valence-corrected chi connectivity index (χ3v) is 6.84. The lowest BCUT2D eigenvalue weighted by Crippen LogP contribution is -2.12. The number of carbonyl (C=O) groups is 1. The molecule has 30 heavy (non-hydrogen) atoms. The number of hydrogen-bond acceptors (Lipinski definition) is 3. The van der Waals surface area contributed by atoms with Crippen LogP contribution in [0.2, 0.25) is 5.02 Å². The summed E-state index contributed by atoms with van der Waals surface area (Å²) in [4.78, 5) is 13.3. The van der Waals surface area contributed by atoms with Gasteiger partial charge >= 0.3 is 0 Å². The van der Waals surface area contributed by atoms with E-state index in [1.807, 2.05) is 42.8 Å². The average Bonchev–Trinajstić information content (AvgIpc) is 3.46. The van der Waals surface area contributed by atoms with Gasteiger partial charge in [0.25, 0.3) is 0 Å². The molecule has 1 aliphatic carbocycles. The van der Waals surface area contributed by atoms with Crippen molar-refractivity contribution < 1.29 is 13.2 Å². The molecular weight excluding hydrogens is 420 g/mol. The lowest BCUT2D eigenvalue weighted by molar-refractivity contribution is 0.0976. The predicted octanol–water partition coefficient (Wildman–Crippen LogP) is 4.95. The van der Waals surface area contributed by atoms with Crippen molar-refractivity contribution in [3.05, 3.63) is 64.7 Å². The van der Waals surface area contributed by atoms with Gasteiger partial charge in [0, 0.05) is 24.1 Å². The molecule has 2 N–H and O–H groups in total. The molecule has 156 valence electrons. The van der Waals surface area contributed by atoms with E-state index in [2.05, 4.69) is 0 Å². The molecule has 0 spiro atoms. The number of ketones is 1. The second-order valence-corrected chi connectivity index (χ2v) is 9.90. The molecule has 3 aromatic rings. The van der Waals surface area contributed by atoms with Gasteiger partial charge in [0.1, 0.15) is 0 Å². The van der Waals surface area contributed by atoms with E-state index >= 15 is 0 Å². The van der Waals surface area contributed by atoms with Gasteiger partial charge in [-0.05, 0) is 66.6 Å². The standard InChI is InChI=1S/C23H23ClN2O3S/c1-14-21(20(27)13-15-3-4-15)23(17-7-11-19(12-8-17)30(25,28)29)26(2)22(14)16-5-9-18(24)10-6-16/h5-12,15H,3-4,13H2,1-2H3,(H2,25,28,29). The Balaban J connectivity index is 1.90. The van der Waals surface area contributed by atoms with Crippen LogP contribution in [0.4, 0.5) is 0 Å². The van der Waals surface area contributed by atoms with Crippen LogP contribution < -0.4 is 5.14 Å². The number of nitrogens with zero attached hydrogens (tertiary/aromatic N) is 1. The highest BCUT2D eigenvalue weighted by atomic mass is 35.5. The van der Waals surface area contributed by atoms with E-state index in [0.29, 0.717) is 22.9 Å². The second-order valence-electron chi connectivity index (χ2n) is 7.90. The third-order valence-electron chi connectivity index (χ3n) is 5.66. The highest BCUT2D eigenvalue weighted by molar-refractivity contribution is 7.89. The van der Waals surface area contributed by atoms with Gasteiger partial charge in [-0.2, -0.15) is 0 Å². The zero-order chi connectivity index (χ0) is 21.6. The summed E-state index contributed by atoms with van der Waals surface area (Å²) in [5.74, 6) is 0.588. The molecule has 7 heteroatoms. The summed E-state index contributed by atoms with van der Waals surface area (Å²) in [6.07, 6.45) is 2.73. The summed E-state index contributed by atoms with van der Waals surface area (Å²) in [5.41, 5.74) is 5.06. The van der Waals surface area contributed by atoms with Gasteiger partial charge in [-0.25, -0.2) is 13.6 Å². The summed E-state index contributed by atoms with van der Waals surface area (Å²) >= 11 is 6.06. The van der Waals surface area contributed by atoms with Gasteiger partial charge in [-0.3, -0.25) is 4.79 Å². The molecule has 1 aromatic heterocycles. The first-order valence-electron chi connectivity index (χ1n) is 9.78. The number of rotatable bonds is 6. The molecule has 5 nitrogen and oxygen atoms in total. The maximum atomic E-state index is 13.2. The number of Topliss-reactive ketones (excluding diaryl/α,β-unsaturated/α-hetero) is 1. The SMILES string of the molecule is Cc1c(C(=O)CC2CC2)c(-c2ccc(S(N)(=O)=O)cc2)n(C)c1-c1ccc(Cl)cc1. The van der Waals surface area contributed by atoms with Gasteiger partial charge in [0.05, 0.1) is 16.3 Å². The number of primary sulfonamides is 1. The van der Waals surface area contributed by atoms with Crippen LogP contribution >= 0.6 is 11.6 Å². The van der Waals surface area contributed by atoms with Crippen LogP contribution in [0.3, 0.4) is 0 Å². The molecule has 0 amide bonds. The van der Waals surface area contributed by atoms with Crippen molar-refractivity contribution in [3.8, 4) is 22.5 Å². The summed E-state index contributed by atoms with van der Waals surface area (Å²) in [7, 11) is -1.86. The van der Waals surface area contributed by atoms with E-state index in [1.165, 1.54) is 12.1 Å². The number of benzene rings is 2. The molecule has 0 bridgehead atoms. The fourth-order valence-electron chi connectivity index (χ4n) is 4.01. The fourth-order valence-corrected chi connectivity index (χ4v) is 4.65. The Labute approximate surface area is 181 Å². The van der Waals surface area contributed by atoms with E-state index < -0.39 is 10.0 Å². The normalized spacial score (nSPS) is 14.1. The molecule has 2 aromatic carbocycles. The Morgan fingerprint density at radius 2 is 1.57 bits per heavy atom. The number of sulfonamides is 1. The minimum absolute atomic E-state index is 0.0426. The van der Waals surface area contributed by atoms with Gasteiger partial charge in [0.2, 0.25) is 10.0 Å². The van der Waals surface area contributed by atoms with E-state index in [9.17, 15) is 13.2 Å². The minimum Gasteiger partial charge on any atom is -0.343 e. The number of aromatic nitrogens is 1. The van der Waals surface area contributed by atoms with Crippen LogP contribution in [-0.4, -0.2) is 18.8 Å². The van der Waals surface area contributed by atoms with Gasteiger partial charge in [-0.1, -0.05) is 35.9 Å². The van der Waals surface area contributed by atoms with Crippen molar-refractivity contribution in [2.45, 2.75) is 31.1 Å². The summed E-state index contributed by atoms with van der Waals surface area (Å²) < 4.78 is 25.3. The van der Waals surface area contributed by atoms with Crippen molar-refractivity contribution >= 4 is 27.4 Å². The van der Waals surface area contributed by atoms with Crippen molar-refractivity contribution in [2.75, 3.05) is 0 Å². The molecule has 1 aliphatic rings. The Bertz CT molecular complexity index is 1220. The van der Waals surface area contributed by atoms with E-state index in [-0.39, 0.29) is 10.7 Å². The Morgan fingerprint density at radius 3 is 2.10 bits per heavy atom. The third kappa shape index (κ3) is 3.95. The second kappa shape index (κ2) is 7.69. The lowest BCUT2D eigenvalue weighted by atomic mass is 9.97. The quantitative estimate of drug-likeness (QED) is 0.548. The molecule has 0 unspecified atom stereocenters. The summed E-state index contributed by atoms with van der Waals surface area (Å²) in [6, 6.07) is 13.9. The monoisotopic (exact) mass is 442 g/mol. The first-order valence-corrected chi connectivity index (χ1v) is 11.7. The van der Waals surface area contributed by atoms with Crippen molar-refractivity contribution in [2.24, 2.45) is 18.1 Å². The van der Waals surface area contributed by atoms with Gasteiger partial charge in [-0.15, -0.1) is 0 Å². The maximum Gasteiger partial charge on any atom is 0.238 e. The van der Waals surface area contributed by atoms with E-state index in [1.54, 1.807) is 12.1 Å². The Hall–Kier alpha value is -2.41. The zero-order valence-corrected chi connectivity index (χ0v) is 18.4. The van der Waals surface area contributed by atoms with Crippen LogP contribution in [0.15, 0.2) is 53.4 Å². The topological polar surface area (TPSA) is 82.2 Å². The van der Waals surface area contributed by atoms with Gasteiger partial charge < -0.3 is 4.57 Å². The average molecular weight is 443 g/mol. The molecule has 1 saturated carbocycles. The van der Waals surface area contributed by atoms with Crippen molar-refractivity contribution in [1.82, 2.24) is 4.57 Å². The first kappa shape index (κ1) is 20.8. The molecule has 0 atom stereocenters. The molecule has 0 radical (unpaired) electrons. The lowest BCUT2D eigenvalue weighted by Gasteiger charge is -2.10. The van der Waals surface area contributed by atoms with Crippen LogP contribution in [0, 0.1) is 12.8 Å². The molecule has 4 rings (SSSR count). The van der Waals surface area contributed by atoms with Gasteiger partial charge in [0.15, 0.2) is 5.78 Å².